The van der Waals surface area contributed by atoms with Crippen LogP contribution in [-0.4, -0.2) is 36.5 Å². The Bertz CT molecular complexity index is 1370. The van der Waals surface area contributed by atoms with Crippen LogP contribution in [0.5, 0.6) is 0 Å². The third kappa shape index (κ3) is 6.02. The SMILES string of the molecule is CCOCCCN1C(=O)c2ccccc2C1Nc1cccc(C(=O)NC(c2ccccc2)c2ccccc2)c1. The van der Waals surface area contributed by atoms with E-state index in [1.807, 2.05) is 115 Å². The molecule has 4 aromatic rings. The normalized spacial score (nSPS) is 14.4. The van der Waals surface area contributed by atoms with Crippen LogP contribution in [-0.2, 0) is 4.74 Å². The second kappa shape index (κ2) is 12.4. The van der Waals surface area contributed by atoms with Gasteiger partial charge in [-0.1, -0.05) is 84.9 Å². The van der Waals surface area contributed by atoms with Gasteiger partial charge in [-0.15, -0.1) is 0 Å². The largest absolute Gasteiger partial charge is 0.382 e. The van der Waals surface area contributed by atoms with E-state index in [4.69, 9.17) is 4.74 Å². The van der Waals surface area contributed by atoms with Gasteiger partial charge in [0.05, 0.1) is 6.04 Å². The summed E-state index contributed by atoms with van der Waals surface area (Å²) in [7, 11) is 0. The summed E-state index contributed by atoms with van der Waals surface area (Å²) in [5.41, 5.74) is 4.96. The van der Waals surface area contributed by atoms with Crippen molar-refractivity contribution < 1.29 is 14.3 Å². The first kappa shape index (κ1) is 26.2. The second-order valence-corrected chi connectivity index (χ2v) is 9.49. The summed E-state index contributed by atoms with van der Waals surface area (Å²) >= 11 is 0. The summed E-state index contributed by atoms with van der Waals surface area (Å²) in [6, 6.07) is 34.7. The monoisotopic (exact) mass is 519 g/mol. The molecule has 6 heteroatoms. The smallest absolute Gasteiger partial charge is 0.256 e. The van der Waals surface area contributed by atoms with E-state index in [1.54, 1.807) is 6.07 Å². The van der Waals surface area contributed by atoms with Crippen LogP contribution in [0.1, 0.15) is 63.0 Å². The highest BCUT2D eigenvalue weighted by atomic mass is 16.5. The zero-order valence-electron chi connectivity index (χ0n) is 22.0. The molecular weight excluding hydrogens is 486 g/mol. The molecule has 198 valence electrons. The Morgan fingerprint density at radius 3 is 2.23 bits per heavy atom. The van der Waals surface area contributed by atoms with Gasteiger partial charge in [-0.05, 0) is 48.7 Å². The zero-order chi connectivity index (χ0) is 27.0. The molecule has 2 amide bonds. The summed E-state index contributed by atoms with van der Waals surface area (Å²) in [5, 5.41) is 6.73. The number of hydrogen-bond donors (Lipinski definition) is 2. The number of carbonyl (C=O) groups excluding carboxylic acids is 2. The van der Waals surface area contributed by atoms with Crippen molar-refractivity contribution in [2.75, 3.05) is 25.1 Å². The molecule has 1 aliphatic rings. The lowest BCUT2D eigenvalue weighted by Crippen LogP contribution is -2.34. The topological polar surface area (TPSA) is 70.7 Å². The van der Waals surface area contributed by atoms with Crippen molar-refractivity contribution in [3.63, 3.8) is 0 Å². The highest BCUT2D eigenvalue weighted by Crippen LogP contribution is 2.34. The minimum atomic E-state index is -0.324. The Kier molecular flexibility index (Phi) is 8.34. The van der Waals surface area contributed by atoms with Crippen molar-refractivity contribution in [1.29, 1.82) is 0 Å². The number of fused-ring (bicyclic) bond motifs is 1. The fourth-order valence-electron chi connectivity index (χ4n) is 5.01. The quantitative estimate of drug-likeness (QED) is 0.232. The maximum Gasteiger partial charge on any atom is 0.256 e. The van der Waals surface area contributed by atoms with Gasteiger partial charge in [-0.25, -0.2) is 0 Å². The zero-order valence-corrected chi connectivity index (χ0v) is 22.0. The lowest BCUT2D eigenvalue weighted by Gasteiger charge is -2.27. The summed E-state index contributed by atoms with van der Waals surface area (Å²) in [5.74, 6) is -0.171. The Hall–Kier alpha value is -4.42. The number of ether oxygens (including phenoxy) is 1. The van der Waals surface area contributed by atoms with Crippen LogP contribution in [0.4, 0.5) is 5.69 Å². The fraction of sp³-hybridized carbons (Fsp3) is 0.212. The third-order valence-corrected chi connectivity index (χ3v) is 6.92. The Balaban J connectivity index is 1.36. The maximum absolute atomic E-state index is 13.5. The number of hydrogen-bond acceptors (Lipinski definition) is 4. The number of amides is 2. The minimum absolute atomic E-state index is 0.00191. The van der Waals surface area contributed by atoms with E-state index in [9.17, 15) is 9.59 Å². The van der Waals surface area contributed by atoms with E-state index < -0.39 is 0 Å². The van der Waals surface area contributed by atoms with Gasteiger partial charge in [0.1, 0.15) is 6.17 Å². The number of carbonyl (C=O) groups is 2. The van der Waals surface area contributed by atoms with E-state index >= 15 is 0 Å². The first-order chi connectivity index (χ1) is 19.2. The second-order valence-electron chi connectivity index (χ2n) is 9.49. The molecule has 0 bridgehead atoms. The molecule has 0 saturated heterocycles. The van der Waals surface area contributed by atoms with Crippen LogP contribution in [0.2, 0.25) is 0 Å². The van der Waals surface area contributed by atoms with Gasteiger partial charge in [0, 0.05) is 42.1 Å². The van der Waals surface area contributed by atoms with E-state index in [-0.39, 0.29) is 24.0 Å². The molecular formula is C33H33N3O3. The van der Waals surface area contributed by atoms with Gasteiger partial charge in [0.2, 0.25) is 0 Å². The van der Waals surface area contributed by atoms with Crippen molar-refractivity contribution in [2.24, 2.45) is 0 Å². The highest BCUT2D eigenvalue weighted by Gasteiger charge is 2.36. The maximum atomic E-state index is 13.5. The van der Waals surface area contributed by atoms with Gasteiger partial charge in [-0.2, -0.15) is 0 Å². The lowest BCUT2D eigenvalue weighted by molar-refractivity contribution is 0.0708. The standard InChI is InChI=1S/C33H33N3O3/c1-2-39-22-12-21-36-31(28-19-9-10-20-29(28)33(36)38)34-27-18-11-17-26(23-27)32(37)35-30(24-13-5-3-6-14-24)25-15-7-4-8-16-25/h3-11,13-20,23,30-31,34H,2,12,21-22H2,1H3,(H,35,37). The van der Waals surface area contributed by atoms with Crippen LogP contribution in [0, 0.1) is 0 Å². The van der Waals surface area contributed by atoms with Crippen molar-refractivity contribution in [2.45, 2.75) is 25.6 Å². The van der Waals surface area contributed by atoms with Crippen LogP contribution >= 0.6 is 0 Å². The Labute approximate surface area is 229 Å². The number of anilines is 1. The first-order valence-corrected chi connectivity index (χ1v) is 13.4. The molecule has 0 saturated carbocycles. The number of nitrogens with one attached hydrogen (secondary N) is 2. The molecule has 6 nitrogen and oxygen atoms in total. The molecule has 5 rings (SSSR count). The van der Waals surface area contributed by atoms with Crippen LogP contribution in [0.3, 0.4) is 0 Å². The number of rotatable bonds is 11. The van der Waals surface area contributed by atoms with Crippen molar-refractivity contribution in [1.82, 2.24) is 10.2 Å². The molecule has 1 heterocycles. The Morgan fingerprint density at radius 2 is 1.54 bits per heavy atom. The molecule has 39 heavy (non-hydrogen) atoms. The van der Waals surface area contributed by atoms with Gasteiger partial charge in [0.15, 0.2) is 0 Å². The third-order valence-electron chi connectivity index (χ3n) is 6.92. The summed E-state index contributed by atoms with van der Waals surface area (Å²) < 4.78 is 5.49. The fourth-order valence-corrected chi connectivity index (χ4v) is 5.01. The van der Waals surface area contributed by atoms with Crippen LogP contribution in [0.25, 0.3) is 0 Å². The average Bonchev–Trinajstić information content (AvgIpc) is 3.25. The van der Waals surface area contributed by atoms with Crippen molar-refractivity contribution in [3.05, 3.63) is 137 Å². The molecule has 0 aromatic heterocycles. The Morgan fingerprint density at radius 1 is 0.872 bits per heavy atom. The number of nitrogens with zero attached hydrogens (tertiary/aromatic N) is 1. The highest BCUT2D eigenvalue weighted by molar-refractivity contribution is 5.99. The van der Waals surface area contributed by atoms with E-state index in [0.29, 0.717) is 30.9 Å². The molecule has 1 unspecified atom stereocenters. The predicted octanol–water partition coefficient (Wildman–Crippen LogP) is 6.20. The van der Waals surface area contributed by atoms with Crippen molar-refractivity contribution in [3.8, 4) is 0 Å². The molecule has 4 aromatic carbocycles. The minimum Gasteiger partial charge on any atom is -0.382 e. The molecule has 0 spiro atoms. The molecule has 2 N–H and O–H groups in total. The summed E-state index contributed by atoms with van der Waals surface area (Å²) in [4.78, 5) is 28.5. The first-order valence-electron chi connectivity index (χ1n) is 13.4. The summed E-state index contributed by atoms with van der Waals surface area (Å²) in [6.45, 7) is 3.79. The van der Waals surface area contributed by atoms with Gasteiger partial charge < -0.3 is 20.3 Å². The van der Waals surface area contributed by atoms with E-state index in [2.05, 4.69) is 10.6 Å². The predicted molar refractivity (Wildman–Crippen MR) is 154 cm³/mol. The summed E-state index contributed by atoms with van der Waals surface area (Å²) in [6.07, 6.45) is 0.421. The molecule has 0 radical (unpaired) electrons. The molecule has 0 aliphatic carbocycles. The van der Waals surface area contributed by atoms with E-state index in [1.165, 1.54) is 0 Å². The van der Waals surface area contributed by atoms with Crippen LogP contribution in [0.15, 0.2) is 109 Å². The molecule has 0 fully saturated rings. The van der Waals surface area contributed by atoms with Gasteiger partial charge >= 0.3 is 0 Å². The van der Waals surface area contributed by atoms with Crippen LogP contribution < -0.4 is 10.6 Å². The average molecular weight is 520 g/mol. The number of benzene rings is 4. The molecule has 1 atom stereocenters. The van der Waals surface area contributed by atoms with Crippen molar-refractivity contribution >= 4 is 17.5 Å². The van der Waals surface area contributed by atoms with Gasteiger partial charge in [0.25, 0.3) is 11.8 Å². The lowest BCUT2D eigenvalue weighted by atomic mass is 9.98. The molecule has 1 aliphatic heterocycles. The van der Waals surface area contributed by atoms with E-state index in [0.717, 1.165) is 28.8 Å². The van der Waals surface area contributed by atoms with Gasteiger partial charge in [-0.3, -0.25) is 9.59 Å².